The third kappa shape index (κ3) is 1.15. The molecule has 72 valence electrons. The van der Waals surface area contributed by atoms with Crippen molar-refractivity contribution < 1.29 is 0 Å². The lowest BCUT2D eigenvalue weighted by molar-refractivity contribution is 0.556. The summed E-state index contributed by atoms with van der Waals surface area (Å²) in [5.74, 6) is 0. The van der Waals surface area contributed by atoms with Crippen LogP contribution in [0.2, 0.25) is 0 Å². The van der Waals surface area contributed by atoms with Crippen LogP contribution in [0.1, 0.15) is 6.42 Å². The Morgan fingerprint density at radius 1 is 1.21 bits per heavy atom. The number of rotatable bonds is 0. The van der Waals surface area contributed by atoms with Crippen LogP contribution in [-0.2, 0) is 0 Å². The number of benzene rings is 1. The van der Waals surface area contributed by atoms with Gasteiger partial charge >= 0.3 is 0 Å². The first kappa shape index (κ1) is 8.06. The lowest BCUT2D eigenvalue weighted by Gasteiger charge is -2.29. The molecule has 2 N–H and O–H groups in total. The van der Waals surface area contributed by atoms with E-state index in [0.717, 1.165) is 13.1 Å². The highest BCUT2D eigenvalue weighted by Gasteiger charge is 2.19. The van der Waals surface area contributed by atoms with Gasteiger partial charge < -0.3 is 10.6 Å². The summed E-state index contributed by atoms with van der Waals surface area (Å²) in [4.78, 5) is 0. The normalized spacial score (nSPS) is 24.3. The summed E-state index contributed by atoms with van der Waals surface area (Å²) < 4.78 is 0. The van der Waals surface area contributed by atoms with Gasteiger partial charge in [-0.15, -0.1) is 0 Å². The molecular formula is C12H14N2. The molecule has 1 aromatic rings. The Hall–Kier alpha value is -1.28. The van der Waals surface area contributed by atoms with Crippen molar-refractivity contribution in [2.45, 2.75) is 12.5 Å². The van der Waals surface area contributed by atoms with Crippen LogP contribution in [0.5, 0.6) is 0 Å². The Labute approximate surface area is 83.3 Å². The zero-order chi connectivity index (χ0) is 9.38. The molecule has 2 heteroatoms. The smallest absolute Gasteiger partial charge is 0.0502 e. The molecule has 14 heavy (non-hydrogen) atoms. The van der Waals surface area contributed by atoms with Gasteiger partial charge in [0.1, 0.15) is 0 Å². The molecule has 0 aliphatic carbocycles. The average Bonchev–Trinajstić information content (AvgIpc) is 2.29. The Morgan fingerprint density at radius 3 is 3.14 bits per heavy atom. The van der Waals surface area contributed by atoms with Crippen molar-refractivity contribution >= 4 is 11.8 Å². The van der Waals surface area contributed by atoms with Gasteiger partial charge in [-0.3, -0.25) is 0 Å². The van der Waals surface area contributed by atoms with Gasteiger partial charge in [0.25, 0.3) is 0 Å². The maximum absolute atomic E-state index is 3.48. The number of nitrogens with one attached hydrogen (secondary N) is 2. The second-order valence-corrected chi connectivity index (χ2v) is 3.94. The molecule has 3 rings (SSSR count). The Bertz CT molecular complexity index is 461. The van der Waals surface area contributed by atoms with Crippen molar-refractivity contribution in [1.29, 1.82) is 0 Å². The summed E-state index contributed by atoms with van der Waals surface area (Å²) in [6, 6.07) is 9.17. The number of hydrogen-bond acceptors (Lipinski definition) is 2. The summed E-state index contributed by atoms with van der Waals surface area (Å²) in [5, 5.41) is 9.65. The number of fused-ring (bicyclic) bond motifs is 2. The van der Waals surface area contributed by atoms with Gasteiger partial charge in [-0.25, -0.2) is 0 Å². The fraction of sp³-hybridized carbons (Fsp3) is 0.333. The van der Waals surface area contributed by atoms with Crippen molar-refractivity contribution in [3.05, 3.63) is 34.7 Å². The lowest BCUT2D eigenvalue weighted by Crippen LogP contribution is -2.49. The maximum atomic E-state index is 3.48. The van der Waals surface area contributed by atoms with Gasteiger partial charge in [-0.1, -0.05) is 24.3 Å². The number of hydrogen-bond donors (Lipinski definition) is 2. The molecule has 1 saturated heterocycles. The molecule has 0 aromatic heterocycles. The van der Waals surface area contributed by atoms with Gasteiger partial charge in [0.15, 0.2) is 0 Å². The summed E-state index contributed by atoms with van der Waals surface area (Å²) in [5.41, 5.74) is 1.52. The van der Waals surface area contributed by atoms with Crippen molar-refractivity contribution in [2.75, 3.05) is 13.1 Å². The molecule has 2 aliphatic heterocycles. The largest absolute Gasteiger partial charge is 0.384 e. The molecule has 2 heterocycles. The predicted molar refractivity (Wildman–Crippen MR) is 58.0 cm³/mol. The van der Waals surface area contributed by atoms with E-state index in [9.17, 15) is 0 Å². The molecular weight excluding hydrogens is 172 g/mol. The Morgan fingerprint density at radius 2 is 2.14 bits per heavy atom. The molecule has 1 atom stereocenters. The SMILES string of the molecule is C1=c2ccccc2=C2CNCCC2N1. The van der Waals surface area contributed by atoms with E-state index in [2.05, 4.69) is 41.1 Å². The van der Waals surface area contributed by atoms with Crippen LogP contribution in [-0.4, -0.2) is 19.1 Å². The fourth-order valence-electron chi connectivity index (χ4n) is 2.34. The molecule has 0 spiro atoms. The zero-order valence-corrected chi connectivity index (χ0v) is 8.09. The van der Waals surface area contributed by atoms with Crippen molar-refractivity contribution in [3.8, 4) is 0 Å². The van der Waals surface area contributed by atoms with E-state index in [4.69, 9.17) is 0 Å². The molecule has 1 fully saturated rings. The summed E-state index contributed by atoms with van der Waals surface area (Å²) in [6.07, 6.45) is 3.34. The molecule has 0 saturated carbocycles. The maximum Gasteiger partial charge on any atom is 0.0502 e. The van der Waals surface area contributed by atoms with Crippen LogP contribution in [0, 0.1) is 0 Å². The first-order valence-electron chi connectivity index (χ1n) is 5.20. The van der Waals surface area contributed by atoms with E-state index in [1.807, 2.05) is 0 Å². The van der Waals surface area contributed by atoms with E-state index in [1.165, 1.54) is 22.4 Å². The predicted octanol–water partition coefficient (Wildman–Crippen LogP) is -0.460. The highest BCUT2D eigenvalue weighted by atomic mass is 15.0. The van der Waals surface area contributed by atoms with E-state index >= 15 is 0 Å². The first-order chi connectivity index (χ1) is 6.95. The molecule has 0 radical (unpaired) electrons. The Kier molecular flexibility index (Phi) is 1.81. The van der Waals surface area contributed by atoms with Crippen LogP contribution >= 0.6 is 0 Å². The van der Waals surface area contributed by atoms with Gasteiger partial charge in [-0.05, 0) is 29.0 Å². The van der Waals surface area contributed by atoms with Crippen molar-refractivity contribution in [1.82, 2.24) is 10.6 Å². The number of piperidine rings is 1. The topological polar surface area (TPSA) is 24.1 Å². The van der Waals surface area contributed by atoms with Crippen LogP contribution in [0.3, 0.4) is 0 Å². The van der Waals surface area contributed by atoms with Gasteiger partial charge in [0, 0.05) is 12.7 Å². The molecule has 0 bridgehead atoms. The fourth-order valence-corrected chi connectivity index (χ4v) is 2.34. The quantitative estimate of drug-likeness (QED) is 0.573. The van der Waals surface area contributed by atoms with Crippen molar-refractivity contribution in [2.24, 2.45) is 0 Å². The third-order valence-corrected chi connectivity index (χ3v) is 3.09. The zero-order valence-electron chi connectivity index (χ0n) is 8.09. The molecule has 2 nitrogen and oxygen atoms in total. The van der Waals surface area contributed by atoms with E-state index < -0.39 is 0 Å². The van der Waals surface area contributed by atoms with E-state index in [1.54, 1.807) is 0 Å². The summed E-state index contributed by atoms with van der Waals surface area (Å²) >= 11 is 0. The van der Waals surface area contributed by atoms with Crippen LogP contribution in [0.15, 0.2) is 24.3 Å². The van der Waals surface area contributed by atoms with Crippen LogP contribution in [0.25, 0.3) is 11.8 Å². The van der Waals surface area contributed by atoms with E-state index in [0.29, 0.717) is 6.04 Å². The minimum Gasteiger partial charge on any atom is -0.384 e. The standard InChI is InChI=1S/C12H14N2/c1-2-4-10-9(3-1)7-14-12-5-6-13-8-11(10)12/h1-4,7,12-14H,5-6,8H2. The molecule has 2 aliphatic rings. The minimum atomic E-state index is 0.561. The van der Waals surface area contributed by atoms with Gasteiger partial charge in [0.2, 0.25) is 0 Å². The summed E-state index contributed by atoms with van der Waals surface area (Å²) in [6.45, 7) is 2.15. The summed E-state index contributed by atoms with van der Waals surface area (Å²) in [7, 11) is 0. The van der Waals surface area contributed by atoms with Gasteiger partial charge in [-0.2, -0.15) is 0 Å². The molecule has 0 amide bonds. The average molecular weight is 186 g/mol. The third-order valence-electron chi connectivity index (χ3n) is 3.09. The lowest BCUT2D eigenvalue weighted by atomic mass is 9.95. The molecule has 1 unspecified atom stereocenters. The van der Waals surface area contributed by atoms with Crippen LogP contribution < -0.4 is 21.1 Å². The van der Waals surface area contributed by atoms with E-state index in [-0.39, 0.29) is 0 Å². The highest BCUT2D eigenvalue weighted by Crippen LogP contribution is 2.10. The molecule has 1 aromatic carbocycles. The van der Waals surface area contributed by atoms with Crippen molar-refractivity contribution in [3.63, 3.8) is 0 Å². The minimum absolute atomic E-state index is 0.561. The second-order valence-electron chi connectivity index (χ2n) is 3.94. The highest BCUT2D eigenvalue weighted by molar-refractivity contribution is 5.58. The first-order valence-corrected chi connectivity index (χ1v) is 5.20. The Balaban J connectivity index is 2.27. The second kappa shape index (κ2) is 3.14. The monoisotopic (exact) mass is 186 g/mol. The van der Waals surface area contributed by atoms with Crippen LogP contribution in [0.4, 0.5) is 0 Å². The van der Waals surface area contributed by atoms with Gasteiger partial charge in [0.05, 0.1) is 6.04 Å².